The third kappa shape index (κ3) is 3.55. The zero-order valence-electron chi connectivity index (χ0n) is 12.0. The summed E-state index contributed by atoms with van der Waals surface area (Å²) in [4.78, 5) is 0.263. The van der Waals surface area contributed by atoms with Crippen LogP contribution in [0.1, 0.15) is 32.8 Å². The van der Waals surface area contributed by atoms with E-state index < -0.39 is 10.0 Å². The number of aliphatic hydroxyl groups is 1. The summed E-state index contributed by atoms with van der Waals surface area (Å²) in [6, 6.07) is 7.00. The average Bonchev–Trinajstić information content (AvgIpc) is 2.39. The Morgan fingerprint density at radius 2 is 1.74 bits per heavy atom. The lowest BCUT2D eigenvalue weighted by Gasteiger charge is -2.24. The molecule has 0 unspecified atom stereocenters. The van der Waals surface area contributed by atoms with E-state index in [1.165, 1.54) is 7.05 Å². The molecule has 0 amide bonds. The number of hydrogen-bond acceptors (Lipinski definition) is 3. The summed E-state index contributed by atoms with van der Waals surface area (Å²) in [5.74, 6) is 0. The highest BCUT2D eigenvalue weighted by atomic mass is 32.2. The second kappa shape index (κ2) is 6.03. The van der Waals surface area contributed by atoms with Crippen LogP contribution in [0.15, 0.2) is 29.2 Å². The van der Waals surface area contributed by atoms with Crippen molar-refractivity contribution in [2.75, 3.05) is 20.2 Å². The average molecular weight is 285 g/mol. The minimum absolute atomic E-state index is 0.0410. The minimum atomic E-state index is -3.50. The van der Waals surface area contributed by atoms with Crippen LogP contribution >= 0.6 is 0 Å². The van der Waals surface area contributed by atoms with Crippen LogP contribution in [0.5, 0.6) is 0 Å². The molecule has 0 spiro atoms. The molecule has 0 saturated carbocycles. The maximum Gasteiger partial charge on any atom is 0.242 e. The summed E-state index contributed by atoms with van der Waals surface area (Å²) in [5, 5.41) is 8.82. The predicted molar refractivity (Wildman–Crippen MR) is 76.7 cm³/mol. The second-order valence-corrected chi connectivity index (χ2v) is 7.36. The molecule has 0 radical (unpaired) electrons. The van der Waals surface area contributed by atoms with Gasteiger partial charge < -0.3 is 5.11 Å². The van der Waals surface area contributed by atoms with Gasteiger partial charge in [-0.1, -0.05) is 32.9 Å². The first-order valence-corrected chi connectivity index (χ1v) is 7.87. The Labute approximate surface area is 116 Å². The highest BCUT2D eigenvalue weighted by Crippen LogP contribution is 2.27. The van der Waals surface area contributed by atoms with Crippen molar-refractivity contribution >= 4 is 10.0 Å². The molecule has 1 N–H and O–H groups in total. The zero-order chi connectivity index (χ0) is 14.7. The monoisotopic (exact) mass is 285 g/mol. The van der Waals surface area contributed by atoms with Gasteiger partial charge in [0.05, 0.1) is 11.5 Å². The normalized spacial score (nSPS) is 12.9. The van der Waals surface area contributed by atoms with E-state index in [1.807, 2.05) is 12.1 Å². The van der Waals surface area contributed by atoms with Crippen LogP contribution in [0, 0.1) is 0 Å². The van der Waals surface area contributed by atoms with Gasteiger partial charge in [0.25, 0.3) is 0 Å². The Hall–Kier alpha value is -0.910. The fourth-order valence-electron chi connectivity index (χ4n) is 1.72. The summed E-state index contributed by atoms with van der Waals surface area (Å²) in [6.45, 7) is 6.30. The van der Waals surface area contributed by atoms with E-state index in [4.69, 9.17) is 5.11 Å². The first kappa shape index (κ1) is 16.1. The highest BCUT2D eigenvalue weighted by Gasteiger charge is 2.22. The summed E-state index contributed by atoms with van der Waals surface area (Å²) < 4.78 is 25.5. The van der Waals surface area contributed by atoms with E-state index in [0.29, 0.717) is 0 Å². The lowest BCUT2D eigenvalue weighted by Crippen LogP contribution is -2.29. The zero-order valence-corrected chi connectivity index (χ0v) is 12.9. The first-order valence-electron chi connectivity index (χ1n) is 6.43. The number of sulfonamides is 1. The van der Waals surface area contributed by atoms with Crippen LogP contribution in [0.4, 0.5) is 0 Å². The van der Waals surface area contributed by atoms with Crippen molar-refractivity contribution in [3.8, 4) is 0 Å². The van der Waals surface area contributed by atoms with Crippen molar-refractivity contribution in [2.24, 2.45) is 0 Å². The molecule has 0 aliphatic carbocycles. The van der Waals surface area contributed by atoms with E-state index >= 15 is 0 Å². The molecule has 19 heavy (non-hydrogen) atoms. The molecule has 0 atom stereocenters. The molecule has 0 heterocycles. The minimum Gasteiger partial charge on any atom is -0.395 e. The van der Waals surface area contributed by atoms with Gasteiger partial charge in [-0.3, -0.25) is 0 Å². The van der Waals surface area contributed by atoms with Crippen molar-refractivity contribution in [3.05, 3.63) is 29.8 Å². The Kier molecular flexibility index (Phi) is 5.12. The second-order valence-electron chi connectivity index (χ2n) is 5.31. The van der Waals surface area contributed by atoms with Gasteiger partial charge in [0.1, 0.15) is 0 Å². The van der Waals surface area contributed by atoms with Gasteiger partial charge in [0.15, 0.2) is 0 Å². The lowest BCUT2D eigenvalue weighted by molar-refractivity contribution is 0.266. The Balaban J connectivity index is 3.06. The standard InChI is InChI=1S/C14H23NO3S/c1-5-14(2,3)12-6-8-13(9-7-12)19(17,18)15(4)10-11-16/h6-9,16H,5,10-11H2,1-4H3. The van der Waals surface area contributed by atoms with Crippen LogP contribution in [-0.2, 0) is 15.4 Å². The number of benzene rings is 1. The van der Waals surface area contributed by atoms with Crippen molar-refractivity contribution in [1.29, 1.82) is 0 Å². The maximum absolute atomic E-state index is 12.2. The fourth-order valence-corrected chi connectivity index (χ4v) is 2.89. The molecule has 1 aromatic carbocycles. The smallest absolute Gasteiger partial charge is 0.242 e. The van der Waals surface area contributed by atoms with Gasteiger partial charge in [0, 0.05) is 13.6 Å². The van der Waals surface area contributed by atoms with E-state index in [-0.39, 0.29) is 23.5 Å². The molecule has 0 saturated heterocycles. The lowest BCUT2D eigenvalue weighted by atomic mass is 9.82. The van der Waals surface area contributed by atoms with Crippen molar-refractivity contribution < 1.29 is 13.5 Å². The molecule has 108 valence electrons. The topological polar surface area (TPSA) is 57.6 Å². The van der Waals surface area contributed by atoms with E-state index in [2.05, 4.69) is 20.8 Å². The van der Waals surface area contributed by atoms with Gasteiger partial charge in [-0.2, -0.15) is 4.31 Å². The van der Waals surface area contributed by atoms with Crippen LogP contribution in [0.3, 0.4) is 0 Å². The fraction of sp³-hybridized carbons (Fsp3) is 0.571. The molecule has 5 heteroatoms. The van der Waals surface area contributed by atoms with E-state index in [1.54, 1.807) is 12.1 Å². The van der Waals surface area contributed by atoms with Gasteiger partial charge in [-0.05, 0) is 29.5 Å². The molecule has 0 aliphatic rings. The van der Waals surface area contributed by atoms with Gasteiger partial charge in [0.2, 0.25) is 10.0 Å². The molecule has 0 bridgehead atoms. The van der Waals surface area contributed by atoms with E-state index in [0.717, 1.165) is 16.3 Å². The molecule has 1 aromatic rings. The maximum atomic E-state index is 12.2. The number of aliphatic hydroxyl groups excluding tert-OH is 1. The van der Waals surface area contributed by atoms with Crippen LogP contribution in [0.2, 0.25) is 0 Å². The molecule has 0 aliphatic heterocycles. The Morgan fingerprint density at radius 3 is 2.16 bits per heavy atom. The first-order chi connectivity index (χ1) is 8.75. The van der Waals surface area contributed by atoms with Crippen molar-refractivity contribution in [2.45, 2.75) is 37.5 Å². The van der Waals surface area contributed by atoms with Crippen LogP contribution in [0.25, 0.3) is 0 Å². The predicted octanol–water partition coefficient (Wildman–Crippen LogP) is 1.99. The molecule has 0 aromatic heterocycles. The van der Waals surface area contributed by atoms with Crippen LogP contribution < -0.4 is 0 Å². The Morgan fingerprint density at radius 1 is 1.21 bits per heavy atom. The Bertz CT molecular complexity index is 506. The SMILES string of the molecule is CCC(C)(C)c1ccc(S(=O)(=O)N(C)CCO)cc1. The molecular weight excluding hydrogens is 262 g/mol. The summed E-state index contributed by atoms with van der Waals surface area (Å²) >= 11 is 0. The molecule has 4 nitrogen and oxygen atoms in total. The number of likely N-dealkylation sites (N-methyl/N-ethyl adjacent to an activating group) is 1. The third-order valence-electron chi connectivity index (χ3n) is 3.64. The van der Waals surface area contributed by atoms with Gasteiger partial charge in [-0.25, -0.2) is 8.42 Å². The summed E-state index contributed by atoms with van der Waals surface area (Å²) in [7, 11) is -2.03. The number of rotatable bonds is 6. The highest BCUT2D eigenvalue weighted by molar-refractivity contribution is 7.89. The third-order valence-corrected chi connectivity index (χ3v) is 5.51. The summed E-state index contributed by atoms with van der Waals surface area (Å²) in [5.41, 5.74) is 1.16. The van der Waals surface area contributed by atoms with Gasteiger partial charge in [-0.15, -0.1) is 0 Å². The van der Waals surface area contributed by atoms with Gasteiger partial charge >= 0.3 is 0 Å². The van der Waals surface area contributed by atoms with Crippen molar-refractivity contribution in [1.82, 2.24) is 4.31 Å². The number of hydrogen-bond donors (Lipinski definition) is 1. The largest absolute Gasteiger partial charge is 0.395 e. The molecular formula is C14H23NO3S. The number of nitrogens with zero attached hydrogens (tertiary/aromatic N) is 1. The van der Waals surface area contributed by atoms with Crippen molar-refractivity contribution in [3.63, 3.8) is 0 Å². The van der Waals surface area contributed by atoms with E-state index in [9.17, 15) is 8.42 Å². The molecule has 1 rings (SSSR count). The summed E-state index contributed by atoms with van der Waals surface area (Å²) in [6.07, 6.45) is 0.990. The van der Waals surface area contributed by atoms with Crippen LogP contribution in [-0.4, -0.2) is 38.0 Å². The quantitative estimate of drug-likeness (QED) is 0.869. The molecule has 0 fully saturated rings.